The van der Waals surface area contributed by atoms with Gasteiger partial charge in [-0.15, -0.1) is 0 Å². The average Bonchev–Trinajstić information content (AvgIpc) is 2.50. The number of rotatable bonds is 9. The van der Waals surface area contributed by atoms with Crippen molar-refractivity contribution in [1.29, 1.82) is 0 Å². The molecule has 118 valence electrons. The van der Waals surface area contributed by atoms with Crippen molar-refractivity contribution in [2.75, 3.05) is 26.8 Å². The summed E-state index contributed by atoms with van der Waals surface area (Å²) in [7, 11) is 1.73. The molecule has 1 N–H and O–H groups in total. The number of aliphatic hydroxyl groups excluding tert-OH is 1. The predicted molar refractivity (Wildman–Crippen MR) is 80.4 cm³/mol. The van der Waals surface area contributed by atoms with Crippen LogP contribution < -0.4 is 10.3 Å². The fraction of sp³-hybridized carbons (Fsp3) is 0.600. The number of aliphatic hydroxyl groups is 1. The van der Waals surface area contributed by atoms with Crippen molar-refractivity contribution in [3.05, 3.63) is 28.7 Å². The summed E-state index contributed by atoms with van der Waals surface area (Å²) >= 11 is 0. The number of likely N-dealkylation sites (N-methyl/N-ethyl adjacent to an activating group) is 1. The molecule has 1 heterocycles. The first kappa shape index (κ1) is 17.2. The Morgan fingerprint density at radius 3 is 2.86 bits per heavy atom. The van der Waals surface area contributed by atoms with E-state index in [4.69, 9.17) is 9.84 Å². The average molecular weight is 296 g/mol. The molecule has 1 aromatic heterocycles. The van der Waals surface area contributed by atoms with Crippen LogP contribution in [0.5, 0.6) is 5.75 Å². The van der Waals surface area contributed by atoms with Gasteiger partial charge >= 0.3 is 0 Å². The molecule has 6 nitrogen and oxygen atoms in total. The summed E-state index contributed by atoms with van der Waals surface area (Å²) in [4.78, 5) is 25.5. The number of nitrogens with zero attached hydrogens (tertiary/aromatic N) is 2. The van der Waals surface area contributed by atoms with Crippen LogP contribution in [0.2, 0.25) is 0 Å². The van der Waals surface area contributed by atoms with Crippen molar-refractivity contribution < 1.29 is 14.6 Å². The first-order valence-corrected chi connectivity index (χ1v) is 7.27. The molecule has 0 fully saturated rings. The molecule has 0 bridgehead atoms. The van der Waals surface area contributed by atoms with Crippen LogP contribution in [0.1, 0.15) is 26.2 Å². The largest absolute Gasteiger partial charge is 0.478 e. The van der Waals surface area contributed by atoms with E-state index in [1.165, 1.54) is 4.57 Å². The maximum Gasteiger partial charge on any atom is 0.292 e. The predicted octanol–water partition coefficient (Wildman–Crippen LogP) is 0.868. The summed E-state index contributed by atoms with van der Waals surface area (Å²) in [6, 6.07) is 3.25. The summed E-state index contributed by atoms with van der Waals surface area (Å²) in [6.07, 6.45) is 4.11. The maximum absolute atomic E-state index is 12.1. The fourth-order valence-corrected chi connectivity index (χ4v) is 1.81. The molecule has 1 rings (SSSR count). The Kier molecular flexibility index (Phi) is 7.53. The van der Waals surface area contributed by atoms with Gasteiger partial charge in [-0.3, -0.25) is 9.59 Å². The zero-order chi connectivity index (χ0) is 15.7. The molecule has 1 amide bonds. The number of pyridine rings is 1. The van der Waals surface area contributed by atoms with E-state index >= 15 is 0 Å². The standard InChI is InChI=1S/C15H24N2O4/c1-3-4-8-16(2)14(19)12-21-13-7-5-9-17(15(13)20)10-6-11-18/h5,7,9,18H,3-4,6,8,10-12H2,1-2H3. The summed E-state index contributed by atoms with van der Waals surface area (Å²) in [5.74, 6) is 0.0151. The number of carbonyl (C=O) groups is 1. The molecule has 0 aliphatic heterocycles. The second kappa shape index (κ2) is 9.18. The SMILES string of the molecule is CCCCN(C)C(=O)COc1cccn(CCCO)c1=O. The molecule has 0 aromatic carbocycles. The number of hydrogen-bond donors (Lipinski definition) is 1. The Bertz CT molecular complexity index is 499. The molecule has 0 aliphatic carbocycles. The van der Waals surface area contributed by atoms with Gasteiger partial charge < -0.3 is 19.3 Å². The molecular weight excluding hydrogens is 272 g/mol. The second-order valence-corrected chi connectivity index (χ2v) is 4.91. The summed E-state index contributed by atoms with van der Waals surface area (Å²) in [6.45, 7) is 3.07. The van der Waals surface area contributed by atoms with Crippen LogP contribution >= 0.6 is 0 Å². The third-order valence-electron chi connectivity index (χ3n) is 3.17. The van der Waals surface area contributed by atoms with Gasteiger partial charge in [0.15, 0.2) is 12.4 Å². The van der Waals surface area contributed by atoms with Gasteiger partial charge in [-0.1, -0.05) is 13.3 Å². The van der Waals surface area contributed by atoms with Gasteiger partial charge in [0.25, 0.3) is 11.5 Å². The number of unbranched alkanes of at least 4 members (excludes halogenated alkanes) is 1. The molecule has 0 aliphatic rings. The van der Waals surface area contributed by atoms with Gasteiger partial charge in [-0.2, -0.15) is 0 Å². The van der Waals surface area contributed by atoms with Gasteiger partial charge in [0.2, 0.25) is 0 Å². The monoisotopic (exact) mass is 296 g/mol. The van der Waals surface area contributed by atoms with Gasteiger partial charge in [0.1, 0.15) is 0 Å². The number of aromatic nitrogens is 1. The van der Waals surface area contributed by atoms with Crippen LogP contribution in [0.15, 0.2) is 23.1 Å². The highest BCUT2D eigenvalue weighted by atomic mass is 16.5. The molecule has 1 aromatic rings. The Balaban J connectivity index is 2.59. The minimum atomic E-state index is -0.282. The Labute approximate surface area is 125 Å². The van der Waals surface area contributed by atoms with E-state index in [1.54, 1.807) is 30.3 Å². The molecule has 0 radical (unpaired) electrons. The van der Waals surface area contributed by atoms with Crippen LogP contribution in [0.25, 0.3) is 0 Å². The zero-order valence-electron chi connectivity index (χ0n) is 12.7. The van der Waals surface area contributed by atoms with E-state index < -0.39 is 0 Å². The van der Waals surface area contributed by atoms with Gasteiger partial charge in [-0.25, -0.2) is 0 Å². The Morgan fingerprint density at radius 2 is 2.19 bits per heavy atom. The van der Waals surface area contributed by atoms with Crippen molar-refractivity contribution >= 4 is 5.91 Å². The topological polar surface area (TPSA) is 71.8 Å². The van der Waals surface area contributed by atoms with E-state index in [1.807, 2.05) is 0 Å². The highest BCUT2D eigenvalue weighted by molar-refractivity contribution is 5.77. The smallest absolute Gasteiger partial charge is 0.292 e. The molecule has 0 saturated carbocycles. The number of hydrogen-bond acceptors (Lipinski definition) is 4. The number of ether oxygens (including phenoxy) is 1. The van der Waals surface area contributed by atoms with Crippen molar-refractivity contribution in [3.8, 4) is 5.75 Å². The number of amides is 1. The molecule has 0 saturated heterocycles. The van der Waals surface area contributed by atoms with Crippen LogP contribution in [-0.4, -0.2) is 47.3 Å². The molecule has 0 atom stereocenters. The van der Waals surface area contributed by atoms with E-state index in [0.29, 0.717) is 19.5 Å². The molecule has 0 spiro atoms. The lowest BCUT2D eigenvalue weighted by Crippen LogP contribution is -2.33. The quantitative estimate of drug-likeness (QED) is 0.734. The highest BCUT2D eigenvalue weighted by Crippen LogP contribution is 2.03. The van der Waals surface area contributed by atoms with E-state index in [0.717, 1.165) is 12.8 Å². The third kappa shape index (κ3) is 5.59. The van der Waals surface area contributed by atoms with E-state index in [-0.39, 0.29) is 30.4 Å². The zero-order valence-corrected chi connectivity index (χ0v) is 12.7. The Morgan fingerprint density at radius 1 is 1.43 bits per heavy atom. The highest BCUT2D eigenvalue weighted by Gasteiger charge is 2.11. The molecule has 21 heavy (non-hydrogen) atoms. The lowest BCUT2D eigenvalue weighted by molar-refractivity contribution is -0.132. The Hall–Kier alpha value is -1.82. The van der Waals surface area contributed by atoms with E-state index in [9.17, 15) is 9.59 Å². The second-order valence-electron chi connectivity index (χ2n) is 4.91. The normalized spacial score (nSPS) is 10.4. The molecule has 6 heteroatoms. The molecular formula is C15H24N2O4. The number of aryl methyl sites for hydroxylation is 1. The van der Waals surface area contributed by atoms with Gasteiger partial charge in [0, 0.05) is 32.9 Å². The molecule has 0 unspecified atom stereocenters. The fourth-order valence-electron chi connectivity index (χ4n) is 1.81. The minimum absolute atomic E-state index is 0.0260. The van der Waals surface area contributed by atoms with Crippen LogP contribution in [0, 0.1) is 0 Å². The van der Waals surface area contributed by atoms with Crippen molar-refractivity contribution in [2.24, 2.45) is 0 Å². The first-order chi connectivity index (χ1) is 10.1. The third-order valence-corrected chi connectivity index (χ3v) is 3.17. The summed E-state index contributed by atoms with van der Waals surface area (Å²) < 4.78 is 6.80. The lowest BCUT2D eigenvalue weighted by atomic mass is 10.3. The maximum atomic E-state index is 12.1. The van der Waals surface area contributed by atoms with Crippen molar-refractivity contribution in [3.63, 3.8) is 0 Å². The number of carbonyl (C=O) groups excluding carboxylic acids is 1. The summed E-state index contributed by atoms with van der Waals surface area (Å²) in [5.41, 5.74) is -0.282. The minimum Gasteiger partial charge on any atom is -0.478 e. The van der Waals surface area contributed by atoms with Crippen molar-refractivity contribution in [1.82, 2.24) is 9.47 Å². The van der Waals surface area contributed by atoms with Gasteiger partial charge in [0.05, 0.1) is 0 Å². The van der Waals surface area contributed by atoms with Crippen LogP contribution in [0.4, 0.5) is 0 Å². The van der Waals surface area contributed by atoms with Crippen LogP contribution in [-0.2, 0) is 11.3 Å². The first-order valence-electron chi connectivity index (χ1n) is 7.27. The summed E-state index contributed by atoms with van der Waals surface area (Å²) in [5, 5.41) is 8.80. The van der Waals surface area contributed by atoms with Crippen molar-refractivity contribution in [2.45, 2.75) is 32.7 Å². The lowest BCUT2D eigenvalue weighted by Gasteiger charge is -2.17. The van der Waals surface area contributed by atoms with E-state index in [2.05, 4.69) is 6.92 Å². The van der Waals surface area contributed by atoms with Crippen LogP contribution in [0.3, 0.4) is 0 Å². The van der Waals surface area contributed by atoms with Gasteiger partial charge in [-0.05, 0) is 25.0 Å².